The lowest BCUT2D eigenvalue weighted by atomic mass is 9.99. The molecule has 0 radical (unpaired) electrons. The molecular weight excluding hydrogens is 340 g/mol. The third-order valence-corrected chi connectivity index (χ3v) is 4.35. The zero-order valence-electron chi connectivity index (χ0n) is 16.1. The summed E-state index contributed by atoms with van der Waals surface area (Å²) in [5.41, 5.74) is 2.79. The second-order valence-corrected chi connectivity index (χ2v) is 7.77. The van der Waals surface area contributed by atoms with Gasteiger partial charge in [-0.25, -0.2) is 0 Å². The van der Waals surface area contributed by atoms with E-state index < -0.39 is 0 Å². The Morgan fingerprint density at radius 3 is 2.07 bits per heavy atom. The van der Waals surface area contributed by atoms with E-state index in [0.29, 0.717) is 37.4 Å². The van der Waals surface area contributed by atoms with E-state index in [9.17, 15) is 9.59 Å². The third-order valence-electron chi connectivity index (χ3n) is 4.35. The summed E-state index contributed by atoms with van der Waals surface area (Å²) < 4.78 is 5.32. The highest BCUT2D eigenvalue weighted by atomic mass is 16.5. The smallest absolute Gasteiger partial charge is 0.254 e. The van der Waals surface area contributed by atoms with Crippen molar-refractivity contribution in [1.82, 2.24) is 10.2 Å². The highest BCUT2D eigenvalue weighted by Gasteiger charge is 2.19. The van der Waals surface area contributed by atoms with Crippen molar-refractivity contribution in [3.63, 3.8) is 0 Å². The van der Waals surface area contributed by atoms with Crippen LogP contribution < -0.4 is 5.32 Å². The van der Waals surface area contributed by atoms with Gasteiger partial charge in [-0.3, -0.25) is 9.59 Å². The number of ether oxygens (including phenoxy) is 1. The molecule has 0 unspecified atom stereocenters. The number of amides is 2. The van der Waals surface area contributed by atoms with E-state index in [1.165, 1.54) is 0 Å². The molecule has 5 heteroatoms. The lowest BCUT2D eigenvalue weighted by Gasteiger charge is -2.27. The first kappa shape index (κ1) is 19.1. The van der Waals surface area contributed by atoms with E-state index in [4.69, 9.17) is 4.74 Å². The molecule has 3 rings (SSSR count). The van der Waals surface area contributed by atoms with Gasteiger partial charge in [0.2, 0.25) is 0 Å². The molecule has 0 atom stereocenters. The van der Waals surface area contributed by atoms with E-state index in [2.05, 4.69) is 5.32 Å². The summed E-state index contributed by atoms with van der Waals surface area (Å²) in [6.45, 7) is 8.25. The molecule has 1 N–H and O–H groups in total. The Hall–Kier alpha value is -2.66. The SMILES string of the molecule is CC(C)(C)NC(=O)c1cccc(-c2cccc(C(=O)N3CCOCC3)c2)c1. The minimum atomic E-state index is -0.294. The average molecular weight is 366 g/mol. The highest BCUT2D eigenvalue weighted by molar-refractivity contribution is 5.97. The Morgan fingerprint density at radius 1 is 0.926 bits per heavy atom. The van der Waals surface area contributed by atoms with Gasteiger partial charge in [-0.1, -0.05) is 24.3 Å². The van der Waals surface area contributed by atoms with Crippen LogP contribution in [0.4, 0.5) is 0 Å². The van der Waals surface area contributed by atoms with Crippen molar-refractivity contribution in [2.24, 2.45) is 0 Å². The van der Waals surface area contributed by atoms with Gasteiger partial charge in [-0.15, -0.1) is 0 Å². The van der Waals surface area contributed by atoms with Gasteiger partial charge in [0, 0.05) is 29.8 Å². The van der Waals surface area contributed by atoms with E-state index in [1.807, 2.05) is 68.1 Å². The second-order valence-electron chi connectivity index (χ2n) is 7.77. The number of carbonyl (C=O) groups excluding carboxylic acids is 2. The Morgan fingerprint density at radius 2 is 1.48 bits per heavy atom. The lowest BCUT2D eigenvalue weighted by molar-refractivity contribution is 0.0303. The third kappa shape index (κ3) is 4.95. The summed E-state index contributed by atoms with van der Waals surface area (Å²) in [6.07, 6.45) is 0. The van der Waals surface area contributed by atoms with Crippen molar-refractivity contribution in [2.75, 3.05) is 26.3 Å². The van der Waals surface area contributed by atoms with Crippen molar-refractivity contribution in [1.29, 1.82) is 0 Å². The number of morpholine rings is 1. The fourth-order valence-electron chi connectivity index (χ4n) is 3.03. The summed E-state index contributed by atoms with van der Waals surface area (Å²) >= 11 is 0. The number of carbonyl (C=O) groups is 2. The molecule has 0 spiro atoms. The molecule has 1 fully saturated rings. The van der Waals surface area contributed by atoms with Crippen LogP contribution in [0.25, 0.3) is 11.1 Å². The van der Waals surface area contributed by atoms with Gasteiger partial charge in [-0.2, -0.15) is 0 Å². The summed E-state index contributed by atoms with van der Waals surface area (Å²) in [7, 11) is 0. The minimum absolute atomic E-state index is 0.0155. The molecule has 27 heavy (non-hydrogen) atoms. The van der Waals surface area contributed by atoms with Crippen molar-refractivity contribution >= 4 is 11.8 Å². The van der Waals surface area contributed by atoms with Crippen LogP contribution in [0.15, 0.2) is 48.5 Å². The van der Waals surface area contributed by atoms with E-state index in [-0.39, 0.29) is 17.4 Å². The zero-order chi connectivity index (χ0) is 19.4. The van der Waals surface area contributed by atoms with Crippen LogP contribution >= 0.6 is 0 Å². The molecule has 1 heterocycles. The van der Waals surface area contributed by atoms with Gasteiger partial charge in [0.15, 0.2) is 0 Å². The predicted octanol–water partition coefficient (Wildman–Crippen LogP) is 3.35. The van der Waals surface area contributed by atoms with Crippen molar-refractivity contribution < 1.29 is 14.3 Å². The van der Waals surface area contributed by atoms with Crippen LogP contribution in [0.3, 0.4) is 0 Å². The predicted molar refractivity (Wildman–Crippen MR) is 106 cm³/mol. The molecule has 1 aliphatic heterocycles. The molecule has 1 aliphatic rings. The van der Waals surface area contributed by atoms with E-state index >= 15 is 0 Å². The Bertz CT molecular complexity index is 833. The van der Waals surface area contributed by atoms with Gasteiger partial charge in [0.1, 0.15) is 0 Å². The maximum Gasteiger partial charge on any atom is 0.254 e. The number of benzene rings is 2. The molecule has 2 amide bonds. The monoisotopic (exact) mass is 366 g/mol. The highest BCUT2D eigenvalue weighted by Crippen LogP contribution is 2.23. The van der Waals surface area contributed by atoms with E-state index in [0.717, 1.165) is 11.1 Å². The van der Waals surface area contributed by atoms with Crippen molar-refractivity contribution in [3.8, 4) is 11.1 Å². The van der Waals surface area contributed by atoms with Crippen molar-refractivity contribution in [2.45, 2.75) is 26.3 Å². The number of rotatable bonds is 3. The largest absolute Gasteiger partial charge is 0.378 e. The maximum absolute atomic E-state index is 12.7. The molecule has 0 bridgehead atoms. The molecule has 2 aromatic carbocycles. The zero-order valence-corrected chi connectivity index (χ0v) is 16.1. The Balaban J connectivity index is 1.83. The van der Waals surface area contributed by atoms with Crippen LogP contribution in [-0.4, -0.2) is 48.6 Å². The summed E-state index contributed by atoms with van der Waals surface area (Å²) in [6, 6.07) is 15.0. The molecule has 5 nitrogen and oxygen atoms in total. The van der Waals surface area contributed by atoms with Crippen LogP contribution in [0.2, 0.25) is 0 Å². The summed E-state index contributed by atoms with van der Waals surface area (Å²) in [5.74, 6) is -0.0910. The van der Waals surface area contributed by atoms with Gasteiger partial charge in [0.05, 0.1) is 13.2 Å². The average Bonchev–Trinajstić information content (AvgIpc) is 2.67. The van der Waals surface area contributed by atoms with Gasteiger partial charge in [0.25, 0.3) is 11.8 Å². The quantitative estimate of drug-likeness (QED) is 0.906. The van der Waals surface area contributed by atoms with E-state index in [1.54, 1.807) is 6.07 Å². The molecule has 0 saturated carbocycles. The summed E-state index contributed by atoms with van der Waals surface area (Å²) in [4.78, 5) is 27.0. The van der Waals surface area contributed by atoms with Crippen LogP contribution in [0.5, 0.6) is 0 Å². The first-order valence-electron chi connectivity index (χ1n) is 9.23. The minimum Gasteiger partial charge on any atom is -0.378 e. The normalized spacial score (nSPS) is 14.7. The topological polar surface area (TPSA) is 58.6 Å². The Labute approximate surface area is 160 Å². The fourth-order valence-corrected chi connectivity index (χ4v) is 3.03. The number of hydrogen-bond donors (Lipinski definition) is 1. The fraction of sp³-hybridized carbons (Fsp3) is 0.364. The number of nitrogens with zero attached hydrogens (tertiary/aromatic N) is 1. The standard InChI is InChI=1S/C22H26N2O3/c1-22(2,3)23-20(25)18-8-4-6-16(14-18)17-7-5-9-19(15-17)21(26)24-10-12-27-13-11-24/h4-9,14-15H,10-13H2,1-3H3,(H,23,25). The first-order chi connectivity index (χ1) is 12.8. The molecule has 0 aromatic heterocycles. The van der Waals surface area contributed by atoms with Crippen LogP contribution in [-0.2, 0) is 4.74 Å². The van der Waals surface area contributed by atoms with Crippen LogP contribution in [0, 0.1) is 0 Å². The first-order valence-corrected chi connectivity index (χ1v) is 9.23. The molecule has 2 aromatic rings. The second kappa shape index (κ2) is 7.92. The van der Waals surface area contributed by atoms with Gasteiger partial charge in [-0.05, 0) is 56.2 Å². The molecular formula is C22H26N2O3. The number of nitrogens with one attached hydrogen (secondary N) is 1. The molecule has 142 valence electrons. The Kier molecular flexibility index (Phi) is 5.61. The molecule has 0 aliphatic carbocycles. The lowest BCUT2D eigenvalue weighted by Crippen LogP contribution is -2.40. The van der Waals surface area contributed by atoms with Gasteiger partial charge >= 0.3 is 0 Å². The van der Waals surface area contributed by atoms with Crippen LogP contribution in [0.1, 0.15) is 41.5 Å². The maximum atomic E-state index is 12.7. The van der Waals surface area contributed by atoms with Crippen molar-refractivity contribution in [3.05, 3.63) is 59.7 Å². The van der Waals surface area contributed by atoms with Gasteiger partial charge < -0.3 is 15.0 Å². The number of hydrogen-bond acceptors (Lipinski definition) is 3. The summed E-state index contributed by atoms with van der Waals surface area (Å²) in [5, 5.41) is 2.98. The molecule has 1 saturated heterocycles.